The highest BCUT2D eigenvalue weighted by Gasteiger charge is 2.13. The molecule has 3 aromatic carbocycles. The molecule has 0 fully saturated rings. The smallest absolute Gasteiger partial charge is 0.270 e. The third kappa shape index (κ3) is 5.21. The highest BCUT2D eigenvalue weighted by Crippen LogP contribution is 2.36. The molecule has 6 nitrogen and oxygen atoms in total. The fourth-order valence-electron chi connectivity index (χ4n) is 2.92. The molecule has 0 saturated carbocycles. The summed E-state index contributed by atoms with van der Waals surface area (Å²) in [4.78, 5) is 19.8. The van der Waals surface area contributed by atoms with Gasteiger partial charge in [-0.25, -0.2) is 4.98 Å². The average molecular weight is 504 g/mol. The molecule has 0 atom stereocenters. The Balaban J connectivity index is 1.52. The maximum atomic E-state index is 11.1. The molecule has 4 aromatic rings. The summed E-state index contributed by atoms with van der Waals surface area (Å²) in [6, 6.07) is 15.6. The third-order valence-corrected chi connectivity index (χ3v) is 7.27. The number of methoxy groups -OCH3 is 1. The van der Waals surface area contributed by atoms with E-state index in [1.807, 2.05) is 24.3 Å². The highest BCUT2D eigenvalue weighted by molar-refractivity contribution is 8.00. The number of nitro groups is 1. The summed E-state index contributed by atoms with van der Waals surface area (Å²) in [5.74, 6) is 1.12. The molecule has 1 aromatic heterocycles. The van der Waals surface area contributed by atoms with Crippen LogP contribution in [0.4, 0.5) is 11.4 Å². The maximum absolute atomic E-state index is 11.1. The van der Waals surface area contributed by atoms with Crippen molar-refractivity contribution in [2.75, 3.05) is 7.11 Å². The summed E-state index contributed by atoms with van der Waals surface area (Å²) in [6.45, 7) is 0. The molecule has 162 valence electrons. The van der Waals surface area contributed by atoms with E-state index in [-0.39, 0.29) is 5.69 Å². The zero-order valence-electron chi connectivity index (χ0n) is 16.6. The average Bonchev–Trinajstić information content (AvgIpc) is 3.19. The van der Waals surface area contributed by atoms with Gasteiger partial charge in [0.2, 0.25) is 0 Å². The van der Waals surface area contributed by atoms with Crippen LogP contribution in [0.15, 0.2) is 63.9 Å². The van der Waals surface area contributed by atoms with Crippen LogP contribution >= 0.6 is 46.3 Å². The minimum absolute atomic E-state index is 0.0361. The molecule has 0 unspecified atom stereocenters. The van der Waals surface area contributed by atoms with Crippen LogP contribution in [0.1, 0.15) is 11.1 Å². The Kier molecular flexibility index (Phi) is 6.95. The lowest BCUT2D eigenvalue weighted by Gasteiger charge is -2.06. The summed E-state index contributed by atoms with van der Waals surface area (Å²) < 4.78 is 7.19. The number of hydrogen-bond acceptors (Lipinski definition) is 7. The van der Waals surface area contributed by atoms with Gasteiger partial charge in [-0.15, -0.1) is 11.3 Å². The van der Waals surface area contributed by atoms with Crippen LogP contribution in [0.2, 0.25) is 10.0 Å². The number of nitrogens with zero attached hydrogens (tertiary/aromatic N) is 3. The number of halogens is 2. The molecular formula is C22H15Cl2N3O3S2. The normalized spacial score (nSPS) is 11.3. The van der Waals surface area contributed by atoms with Gasteiger partial charge in [0.15, 0.2) is 4.34 Å². The number of ether oxygens (including phenoxy) is 1. The van der Waals surface area contributed by atoms with E-state index in [0.29, 0.717) is 21.5 Å². The zero-order valence-corrected chi connectivity index (χ0v) is 19.8. The van der Waals surface area contributed by atoms with E-state index in [1.165, 1.54) is 23.9 Å². The van der Waals surface area contributed by atoms with Gasteiger partial charge in [0.1, 0.15) is 5.75 Å². The molecule has 0 aliphatic carbocycles. The lowest BCUT2D eigenvalue weighted by atomic mass is 10.2. The molecular weight excluding hydrogens is 489 g/mol. The van der Waals surface area contributed by atoms with Gasteiger partial charge in [0, 0.05) is 40.2 Å². The fraction of sp³-hybridized carbons (Fsp3) is 0.0909. The van der Waals surface area contributed by atoms with Gasteiger partial charge >= 0.3 is 0 Å². The second-order valence-corrected chi connectivity index (χ2v) is 9.69. The number of thiazole rings is 1. The molecule has 1 heterocycles. The monoisotopic (exact) mass is 503 g/mol. The second kappa shape index (κ2) is 9.87. The van der Waals surface area contributed by atoms with Crippen molar-refractivity contribution < 1.29 is 9.66 Å². The van der Waals surface area contributed by atoms with Gasteiger partial charge in [-0.05, 0) is 36.4 Å². The van der Waals surface area contributed by atoms with Crippen LogP contribution in [0, 0.1) is 10.1 Å². The van der Waals surface area contributed by atoms with Crippen molar-refractivity contribution in [1.82, 2.24) is 4.98 Å². The predicted octanol–water partition coefficient (Wildman–Crippen LogP) is 7.56. The number of fused-ring (bicyclic) bond motifs is 1. The van der Waals surface area contributed by atoms with Crippen molar-refractivity contribution >= 4 is 74.1 Å². The Labute approximate surface area is 202 Å². The molecule has 0 aliphatic rings. The van der Waals surface area contributed by atoms with E-state index in [1.54, 1.807) is 42.9 Å². The first-order valence-corrected chi connectivity index (χ1v) is 11.8. The van der Waals surface area contributed by atoms with Crippen molar-refractivity contribution in [1.29, 1.82) is 0 Å². The quantitative estimate of drug-likeness (QED) is 0.112. The maximum Gasteiger partial charge on any atom is 0.270 e. The summed E-state index contributed by atoms with van der Waals surface area (Å²) in [5.41, 5.74) is 3.21. The van der Waals surface area contributed by atoms with Gasteiger partial charge in [-0.1, -0.05) is 41.0 Å². The first-order chi connectivity index (χ1) is 15.4. The molecule has 10 heteroatoms. The van der Waals surface area contributed by atoms with Crippen molar-refractivity contribution in [3.8, 4) is 5.75 Å². The van der Waals surface area contributed by atoms with Gasteiger partial charge in [-0.3, -0.25) is 15.1 Å². The fourth-order valence-corrected chi connectivity index (χ4v) is 5.45. The van der Waals surface area contributed by atoms with E-state index >= 15 is 0 Å². The number of thioether (sulfide) groups is 1. The first-order valence-electron chi connectivity index (χ1n) is 9.27. The summed E-state index contributed by atoms with van der Waals surface area (Å²) in [6.07, 6.45) is 1.70. The third-order valence-electron chi connectivity index (χ3n) is 4.49. The van der Waals surface area contributed by atoms with Crippen LogP contribution in [0.3, 0.4) is 0 Å². The minimum Gasteiger partial charge on any atom is -0.496 e. The van der Waals surface area contributed by atoms with E-state index in [0.717, 1.165) is 31.4 Å². The predicted molar refractivity (Wildman–Crippen MR) is 133 cm³/mol. The Morgan fingerprint density at radius 3 is 2.78 bits per heavy atom. The van der Waals surface area contributed by atoms with Crippen molar-refractivity contribution in [2.45, 2.75) is 10.1 Å². The molecule has 0 N–H and O–H groups in total. The molecule has 0 saturated heterocycles. The van der Waals surface area contributed by atoms with Crippen LogP contribution in [-0.4, -0.2) is 23.2 Å². The van der Waals surface area contributed by atoms with Crippen LogP contribution in [0.25, 0.3) is 10.2 Å². The SMILES string of the molecule is COc1ccc([N+](=O)[O-])cc1CSc1nc2ccc(N=Cc3ccc(Cl)cc3Cl)cc2s1. The van der Waals surface area contributed by atoms with Crippen LogP contribution in [-0.2, 0) is 5.75 Å². The summed E-state index contributed by atoms with van der Waals surface area (Å²) in [7, 11) is 1.55. The van der Waals surface area contributed by atoms with Crippen LogP contribution < -0.4 is 4.74 Å². The van der Waals surface area contributed by atoms with E-state index in [4.69, 9.17) is 27.9 Å². The van der Waals surface area contributed by atoms with E-state index in [2.05, 4.69) is 9.98 Å². The van der Waals surface area contributed by atoms with E-state index in [9.17, 15) is 10.1 Å². The van der Waals surface area contributed by atoms with Gasteiger partial charge in [0.25, 0.3) is 5.69 Å². The Hall–Kier alpha value is -2.65. The number of nitro benzene ring substituents is 1. The van der Waals surface area contributed by atoms with Crippen molar-refractivity contribution in [2.24, 2.45) is 4.99 Å². The topological polar surface area (TPSA) is 77.6 Å². The Morgan fingerprint density at radius 1 is 1.19 bits per heavy atom. The molecule has 0 radical (unpaired) electrons. The number of benzene rings is 3. The first kappa shape index (κ1) is 22.5. The standard InChI is InChI=1S/C22H15Cl2N3O3S2/c1-30-20-7-5-17(27(28)29)8-14(20)12-31-22-26-19-6-4-16(10-21(19)32-22)25-11-13-2-3-15(23)9-18(13)24/h2-11H,12H2,1H3. The lowest BCUT2D eigenvalue weighted by molar-refractivity contribution is -0.384. The Morgan fingerprint density at radius 2 is 2.03 bits per heavy atom. The largest absolute Gasteiger partial charge is 0.496 e. The number of rotatable bonds is 7. The Bertz CT molecular complexity index is 1340. The second-order valence-electron chi connectivity index (χ2n) is 6.60. The molecule has 0 amide bonds. The molecule has 0 spiro atoms. The minimum atomic E-state index is -0.412. The highest BCUT2D eigenvalue weighted by atomic mass is 35.5. The van der Waals surface area contributed by atoms with Gasteiger partial charge in [-0.2, -0.15) is 0 Å². The molecule has 0 bridgehead atoms. The van der Waals surface area contributed by atoms with E-state index < -0.39 is 4.92 Å². The molecule has 4 rings (SSSR count). The van der Waals surface area contributed by atoms with Gasteiger partial charge in [0.05, 0.1) is 33.0 Å². The number of hydrogen-bond donors (Lipinski definition) is 0. The molecule has 32 heavy (non-hydrogen) atoms. The van der Waals surface area contributed by atoms with Crippen molar-refractivity contribution in [3.05, 3.63) is 85.9 Å². The number of non-ortho nitro benzene ring substituents is 1. The summed E-state index contributed by atoms with van der Waals surface area (Å²) in [5, 5.41) is 12.2. The van der Waals surface area contributed by atoms with Crippen molar-refractivity contribution in [3.63, 3.8) is 0 Å². The number of aromatic nitrogens is 1. The molecule has 0 aliphatic heterocycles. The lowest BCUT2D eigenvalue weighted by Crippen LogP contribution is -1.94. The summed E-state index contributed by atoms with van der Waals surface area (Å²) >= 11 is 15.2. The number of aliphatic imine (C=N–C) groups is 1. The van der Waals surface area contributed by atoms with Gasteiger partial charge < -0.3 is 4.74 Å². The van der Waals surface area contributed by atoms with Crippen LogP contribution in [0.5, 0.6) is 5.75 Å². The zero-order chi connectivity index (χ0) is 22.7.